The van der Waals surface area contributed by atoms with Gasteiger partial charge >= 0.3 is 0 Å². The first-order valence-corrected chi connectivity index (χ1v) is 6.81. The Bertz CT molecular complexity index is 469. The van der Waals surface area contributed by atoms with Gasteiger partial charge in [0.1, 0.15) is 4.47 Å². The van der Waals surface area contributed by atoms with Crippen LogP contribution in [0.15, 0.2) is 15.5 Å². The quantitative estimate of drug-likeness (QED) is 0.873. The molecular formula is C12H20BrN3O2. The Labute approximate surface area is 115 Å². The summed E-state index contributed by atoms with van der Waals surface area (Å²) in [4.78, 5) is 12.0. The van der Waals surface area contributed by atoms with Crippen LogP contribution in [-0.2, 0) is 0 Å². The van der Waals surface area contributed by atoms with Crippen molar-refractivity contribution in [2.24, 2.45) is 0 Å². The highest BCUT2D eigenvalue weighted by Crippen LogP contribution is 2.19. The molecule has 0 saturated heterocycles. The van der Waals surface area contributed by atoms with E-state index in [1.165, 1.54) is 4.68 Å². The van der Waals surface area contributed by atoms with Gasteiger partial charge in [-0.25, -0.2) is 4.68 Å². The van der Waals surface area contributed by atoms with Crippen molar-refractivity contribution in [3.8, 4) is 0 Å². The molecule has 0 spiro atoms. The van der Waals surface area contributed by atoms with Crippen molar-refractivity contribution in [1.29, 1.82) is 0 Å². The highest BCUT2D eigenvalue weighted by atomic mass is 79.9. The van der Waals surface area contributed by atoms with Crippen molar-refractivity contribution >= 4 is 21.6 Å². The van der Waals surface area contributed by atoms with E-state index in [0.29, 0.717) is 23.1 Å². The minimum absolute atomic E-state index is 0.0154. The van der Waals surface area contributed by atoms with E-state index in [-0.39, 0.29) is 11.6 Å². The number of nitrogens with zero attached hydrogens (tertiary/aromatic N) is 2. The number of hydrogen-bond acceptors (Lipinski definition) is 4. The monoisotopic (exact) mass is 317 g/mol. The van der Waals surface area contributed by atoms with Gasteiger partial charge in [-0.15, -0.1) is 0 Å². The maximum atomic E-state index is 12.0. The van der Waals surface area contributed by atoms with E-state index in [1.54, 1.807) is 13.1 Å². The number of hydrogen-bond donors (Lipinski definition) is 2. The van der Waals surface area contributed by atoms with Crippen LogP contribution in [-0.4, -0.2) is 27.0 Å². The van der Waals surface area contributed by atoms with Crippen molar-refractivity contribution in [3.63, 3.8) is 0 Å². The van der Waals surface area contributed by atoms with E-state index < -0.39 is 5.60 Å². The molecule has 102 valence electrons. The molecule has 5 nitrogen and oxygen atoms in total. The molecule has 1 rings (SSSR count). The second-order valence-corrected chi connectivity index (χ2v) is 5.71. The zero-order valence-electron chi connectivity index (χ0n) is 11.2. The second-order valence-electron chi connectivity index (χ2n) is 4.92. The van der Waals surface area contributed by atoms with Gasteiger partial charge in [0.25, 0.3) is 5.56 Å². The van der Waals surface area contributed by atoms with Gasteiger partial charge in [0.05, 0.1) is 23.5 Å². The summed E-state index contributed by atoms with van der Waals surface area (Å²) in [5.74, 6) is 0. The Morgan fingerprint density at radius 1 is 1.61 bits per heavy atom. The SMILES string of the molecule is CCC(C)(O)CNc1cnn(C(C)C)c(=O)c1Br. The van der Waals surface area contributed by atoms with Crippen LogP contribution in [0.25, 0.3) is 0 Å². The van der Waals surface area contributed by atoms with Crippen molar-refractivity contribution in [2.75, 3.05) is 11.9 Å². The molecule has 18 heavy (non-hydrogen) atoms. The minimum atomic E-state index is -0.799. The van der Waals surface area contributed by atoms with E-state index >= 15 is 0 Å². The number of aromatic nitrogens is 2. The van der Waals surface area contributed by atoms with Crippen LogP contribution in [0, 0.1) is 0 Å². The molecule has 0 aromatic carbocycles. The van der Waals surface area contributed by atoms with Gasteiger partial charge in [0.15, 0.2) is 0 Å². The lowest BCUT2D eigenvalue weighted by Crippen LogP contribution is -2.33. The van der Waals surface area contributed by atoms with Gasteiger partial charge in [-0.1, -0.05) is 6.92 Å². The van der Waals surface area contributed by atoms with Crippen LogP contribution >= 0.6 is 15.9 Å². The molecule has 0 aliphatic heterocycles. The summed E-state index contributed by atoms with van der Waals surface area (Å²) < 4.78 is 1.85. The Morgan fingerprint density at radius 3 is 2.72 bits per heavy atom. The lowest BCUT2D eigenvalue weighted by atomic mass is 10.0. The first-order valence-electron chi connectivity index (χ1n) is 6.02. The number of halogens is 1. The Hall–Kier alpha value is -0.880. The lowest BCUT2D eigenvalue weighted by Gasteiger charge is -2.22. The van der Waals surface area contributed by atoms with Gasteiger partial charge in [-0.3, -0.25) is 4.79 Å². The summed E-state index contributed by atoms with van der Waals surface area (Å²) in [5.41, 5.74) is -0.372. The third-order valence-corrected chi connectivity index (χ3v) is 3.62. The zero-order valence-corrected chi connectivity index (χ0v) is 12.8. The topological polar surface area (TPSA) is 67.2 Å². The summed E-state index contributed by atoms with van der Waals surface area (Å²) in [6, 6.07) is 0.0154. The molecule has 1 aromatic rings. The highest BCUT2D eigenvalue weighted by Gasteiger charge is 2.18. The van der Waals surface area contributed by atoms with Gasteiger partial charge in [-0.05, 0) is 43.1 Å². The average molecular weight is 318 g/mol. The molecule has 1 aromatic heterocycles. The van der Waals surface area contributed by atoms with Crippen molar-refractivity contribution in [3.05, 3.63) is 21.0 Å². The first kappa shape index (κ1) is 15.2. The largest absolute Gasteiger partial charge is 0.388 e. The van der Waals surface area contributed by atoms with Crippen LogP contribution in [0.3, 0.4) is 0 Å². The summed E-state index contributed by atoms with van der Waals surface area (Å²) in [6.07, 6.45) is 2.23. The molecule has 0 radical (unpaired) electrons. The number of nitrogens with one attached hydrogen (secondary N) is 1. The molecule has 1 atom stereocenters. The van der Waals surface area contributed by atoms with Crippen LogP contribution in [0.4, 0.5) is 5.69 Å². The van der Waals surface area contributed by atoms with Crippen molar-refractivity contribution < 1.29 is 5.11 Å². The first-order chi connectivity index (χ1) is 8.28. The number of rotatable bonds is 5. The van der Waals surface area contributed by atoms with E-state index in [4.69, 9.17) is 0 Å². The predicted molar refractivity (Wildman–Crippen MR) is 76.0 cm³/mol. The standard InChI is InChI=1S/C12H20BrN3O2/c1-5-12(4,18)7-14-9-6-15-16(8(2)3)11(17)10(9)13/h6,8,14,18H,5,7H2,1-4H3. The lowest BCUT2D eigenvalue weighted by molar-refractivity contribution is 0.0697. The summed E-state index contributed by atoms with van der Waals surface area (Å²) in [5, 5.41) is 17.0. The highest BCUT2D eigenvalue weighted by molar-refractivity contribution is 9.10. The van der Waals surface area contributed by atoms with E-state index in [0.717, 1.165) is 0 Å². The molecule has 0 saturated carbocycles. The molecule has 0 fully saturated rings. The molecule has 0 aliphatic carbocycles. The van der Waals surface area contributed by atoms with Crippen molar-refractivity contribution in [1.82, 2.24) is 9.78 Å². The molecule has 1 heterocycles. The fourth-order valence-electron chi connectivity index (χ4n) is 1.35. The maximum Gasteiger partial charge on any atom is 0.283 e. The van der Waals surface area contributed by atoms with Crippen molar-refractivity contribution in [2.45, 2.75) is 45.8 Å². The smallest absolute Gasteiger partial charge is 0.283 e. The Morgan fingerprint density at radius 2 is 2.22 bits per heavy atom. The number of aliphatic hydroxyl groups is 1. The van der Waals surface area contributed by atoms with Crippen LogP contribution in [0.1, 0.15) is 40.2 Å². The molecule has 1 unspecified atom stereocenters. The van der Waals surface area contributed by atoms with E-state index in [9.17, 15) is 9.90 Å². The second kappa shape index (κ2) is 5.84. The average Bonchev–Trinajstić information content (AvgIpc) is 2.30. The zero-order chi connectivity index (χ0) is 13.9. The molecule has 0 aliphatic rings. The summed E-state index contributed by atoms with van der Waals surface area (Å²) in [7, 11) is 0. The fourth-order valence-corrected chi connectivity index (χ4v) is 1.77. The third-order valence-electron chi connectivity index (χ3n) is 2.85. The van der Waals surface area contributed by atoms with E-state index in [2.05, 4.69) is 26.3 Å². The molecule has 2 N–H and O–H groups in total. The Kier molecular flexibility index (Phi) is 4.92. The number of anilines is 1. The van der Waals surface area contributed by atoms with Gasteiger partial charge in [0.2, 0.25) is 0 Å². The minimum Gasteiger partial charge on any atom is -0.388 e. The van der Waals surface area contributed by atoms with Gasteiger partial charge in [-0.2, -0.15) is 5.10 Å². The van der Waals surface area contributed by atoms with Gasteiger partial charge in [0, 0.05) is 6.54 Å². The van der Waals surface area contributed by atoms with E-state index in [1.807, 2.05) is 20.8 Å². The fraction of sp³-hybridized carbons (Fsp3) is 0.667. The Balaban J connectivity index is 2.93. The molecule has 0 bridgehead atoms. The third kappa shape index (κ3) is 3.55. The molecular weight excluding hydrogens is 298 g/mol. The van der Waals surface area contributed by atoms with Crippen LogP contribution in [0.5, 0.6) is 0 Å². The molecule has 0 amide bonds. The van der Waals surface area contributed by atoms with Crippen LogP contribution in [0.2, 0.25) is 0 Å². The molecule has 6 heteroatoms. The normalized spacial score (nSPS) is 14.6. The van der Waals surface area contributed by atoms with Gasteiger partial charge < -0.3 is 10.4 Å². The summed E-state index contributed by atoms with van der Waals surface area (Å²) in [6.45, 7) is 7.82. The van der Waals surface area contributed by atoms with Crippen LogP contribution < -0.4 is 10.9 Å². The summed E-state index contributed by atoms with van der Waals surface area (Å²) >= 11 is 3.27. The maximum absolute atomic E-state index is 12.0. The predicted octanol–water partition coefficient (Wildman–Crippen LogP) is 2.16.